The van der Waals surface area contributed by atoms with E-state index >= 15 is 0 Å². The second-order valence-electron chi connectivity index (χ2n) is 7.15. The van der Waals surface area contributed by atoms with Gasteiger partial charge in [-0.25, -0.2) is 0 Å². The number of nitrogens with one attached hydrogen (secondary N) is 1. The maximum absolute atomic E-state index is 12.6. The number of rotatable bonds is 3. The molecule has 2 aliphatic rings. The summed E-state index contributed by atoms with van der Waals surface area (Å²) in [5, 5.41) is 11.2. The van der Waals surface area contributed by atoms with Crippen LogP contribution >= 0.6 is 0 Å². The van der Waals surface area contributed by atoms with E-state index in [0.717, 1.165) is 50.2 Å². The van der Waals surface area contributed by atoms with Gasteiger partial charge in [-0.2, -0.15) is 5.10 Å². The molecule has 140 valence electrons. The SMILES string of the molecule is Cc1c(-c2cc(C(=O)N[C@@H]3CCOC4(CCOCC4)C3)no2)cnn1C. The predicted octanol–water partition coefficient (Wildman–Crippen LogP) is 1.84. The molecule has 8 nitrogen and oxygen atoms in total. The third-order valence-electron chi connectivity index (χ3n) is 5.48. The lowest BCUT2D eigenvalue weighted by Gasteiger charge is -2.43. The number of aromatic nitrogens is 3. The van der Waals surface area contributed by atoms with E-state index in [1.165, 1.54) is 0 Å². The quantitative estimate of drug-likeness (QED) is 0.898. The summed E-state index contributed by atoms with van der Waals surface area (Å²) in [6.45, 7) is 4.04. The first-order chi connectivity index (χ1) is 12.6. The normalized spacial score (nSPS) is 22.5. The van der Waals surface area contributed by atoms with Crippen molar-refractivity contribution >= 4 is 5.91 Å². The minimum Gasteiger partial charge on any atom is -0.381 e. The van der Waals surface area contributed by atoms with E-state index in [-0.39, 0.29) is 23.2 Å². The Morgan fingerprint density at radius 3 is 2.88 bits per heavy atom. The number of ether oxygens (including phenoxy) is 2. The Labute approximate surface area is 151 Å². The fourth-order valence-electron chi connectivity index (χ4n) is 3.75. The average molecular weight is 360 g/mol. The van der Waals surface area contributed by atoms with E-state index in [0.29, 0.717) is 12.4 Å². The Balaban J connectivity index is 1.43. The van der Waals surface area contributed by atoms with Crippen molar-refractivity contribution in [1.82, 2.24) is 20.3 Å². The Morgan fingerprint density at radius 1 is 1.35 bits per heavy atom. The molecule has 2 aromatic heterocycles. The smallest absolute Gasteiger partial charge is 0.273 e. The van der Waals surface area contributed by atoms with Gasteiger partial charge in [0.2, 0.25) is 0 Å². The van der Waals surface area contributed by atoms with Gasteiger partial charge in [0.15, 0.2) is 11.5 Å². The Morgan fingerprint density at radius 2 is 2.15 bits per heavy atom. The largest absolute Gasteiger partial charge is 0.381 e. The third-order valence-corrected chi connectivity index (χ3v) is 5.48. The molecule has 1 atom stereocenters. The van der Waals surface area contributed by atoms with Gasteiger partial charge in [-0.1, -0.05) is 5.16 Å². The molecule has 2 fully saturated rings. The highest BCUT2D eigenvalue weighted by Crippen LogP contribution is 2.34. The zero-order chi connectivity index (χ0) is 18.1. The zero-order valence-corrected chi connectivity index (χ0v) is 15.2. The van der Waals surface area contributed by atoms with Crippen LogP contribution in [-0.2, 0) is 16.5 Å². The first-order valence-corrected chi connectivity index (χ1v) is 9.05. The van der Waals surface area contributed by atoms with Gasteiger partial charge >= 0.3 is 0 Å². The maximum atomic E-state index is 12.6. The number of hydrogen-bond donors (Lipinski definition) is 1. The summed E-state index contributed by atoms with van der Waals surface area (Å²) in [5.74, 6) is 0.337. The molecule has 26 heavy (non-hydrogen) atoms. The molecule has 8 heteroatoms. The van der Waals surface area contributed by atoms with Crippen LogP contribution in [0, 0.1) is 6.92 Å². The monoisotopic (exact) mass is 360 g/mol. The summed E-state index contributed by atoms with van der Waals surface area (Å²) < 4.78 is 18.6. The second kappa shape index (κ2) is 6.85. The molecule has 2 aliphatic heterocycles. The van der Waals surface area contributed by atoms with Gasteiger partial charge < -0.3 is 19.3 Å². The van der Waals surface area contributed by atoms with Crippen LogP contribution in [0.15, 0.2) is 16.8 Å². The molecular formula is C18H24N4O4. The van der Waals surface area contributed by atoms with Gasteiger partial charge in [0, 0.05) is 44.7 Å². The Hall–Kier alpha value is -2.19. The Bertz CT molecular complexity index is 785. The van der Waals surface area contributed by atoms with Crippen molar-refractivity contribution in [3.05, 3.63) is 23.7 Å². The molecule has 4 rings (SSSR count). The molecule has 0 unspecified atom stereocenters. The standard InChI is InChI=1S/C18H24N4O4/c1-12-14(11-19-22(12)2)16-9-15(21-26-16)17(23)20-13-3-6-25-18(10-13)4-7-24-8-5-18/h9,11,13H,3-8,10H2,1-2H3,(H,20,23)/t13-/m1/s1. The Kier molecular flexibility index (Phi) is 4.54. The molecule has 0 aromatic carbocycles. The summed E-state index contributed by atoms with van der Waals surface area (Å²) in [6, 6.07) is 1.75. The van der Waals surface area contributed by atoms with Gasteiger partial charge in [-0.15, -0.1) is 0 Å². The molecule has 4 heterocycles. The molecule has 1 amide bonds. The van der Waals surface area contributed by atoms with E-state index in [1.54, 1.807) is 16.9 Å². The van der Waals surface area contributed by atoms with Crippen LogP contribution in [0.2, 0.25) is 0 Å². The predicted molar refractivity (Wildman–Crippen MR) is 92.7 cm³/mol. The van der Waals surface area contributed by atoms with Crippen LogP contribution < -0.4 is 5.32 Å². The zero-order valence-electron chi connectivity index (χ0n) is 15.2. The van der Waals surface area contributed by atoms with Crippen LogP contribution in [0.25, 0.3) is 11.3 Å². The van der Waals surface area contributed by atoms with Gasteiger partial charge in [-0.3, -0.25) is 9.48 Å². The van der Waals surface area contributed by atoms with Crippen molar-refractivity contribution in [3.63, 3.8) is 0 Å². The highest BCUT2D eigenvalue weighted by atomic mass is 16.5. The van der Waals surface area contributed by atoms with Crippen molar-refractivity contribution in [2.75, 3.05) is 19.8 Å². The molecule has 0 bridgehead atoms. The molecule has 0 saturated carbocycles. The fraction of sp³-hybridized carbons (Fsp3) is 0.611. The van der Waals surface area contributed by atoms with Crippen molar-refractivity contribution in [2.45, 2.75) is 44.2 Å². The average Bonchev–Trinajstić information content (AvgIpc) is 3.24. The van der Waals surface area contributed by atoms with Crippen LogP contribution in [0.3, 0.4) is 0 Å². The van der Waals surface area contributed by atoms with E-state index < -0.39 is 0 Å². The number of hydrogen-bond acceptors (Lipinski definition) is 6. The molecule has 2 saturated heterocycles. The summed E-state index contributed by atoms with van der Waals surface area (Å²) in [4.78, 5) is 12.6. The topological polar surface area (TPSA) is 91.4 Å². The lowest BCUT2D eigenvalue weighted by molar-refractivity contribution is -0.139. The van der Waals surface area contributed by atoms with Crippen LogP contribution in [0.4, 0.5) is 0 Å². The number of aryl methyl sites for hydroxylation is 1. The third kappa shape index (κ3) is 3.26. The van der Waals surface area contributed by atoms with E-state index in [9.17, 15) is 4.79 Å². The summed E-state index contributed by atoms with van der Waals surface area (Å²) in [5.41, 5.74) is 1.93. The lowest BCUT2D eigenvalue weighted by atomic mass is 9.84. The second-order valence-corrected chi connectivity index (χ2v) is 7.15. The van der Waals surface area contributed by atoms with Crippen LogP contribution in [0.5, 0.6) is 0 Å². The van der Waals surface area contributed by atoms with Gasteiger partial charge in [-0.05, 0) is 32.6 Å². The minimum atomic E-state index is -0.212. The number of nitrogens with zero attached hydrogens (tertiary/aromatic N) is 3. The van der Waals surface area contributed by atoms with Crippen molar-refractivity contribution < 1.29 is 18.8 Å². The van der Waals surface area contributed by atoms with Crippen molar-refractivity contribution in [2.24, 2.45) is 7.05 Å². The van der Waals surface area contributed by atoms with Crippen molar-refractivity contribution in [1.29, 1.82) is 0 Å². The number of amides is 1. The van der Waals surface area contributed by atoms with Gasteiger partial charge in [0.05, 0.1) is 17.4 Å². The lowest BCUT2D eigenvalue weighted by Crippen LogP contribution is -2.51. The molecule has 1 N–H and O–H groups in total. The van der Waals surface area contributed by atoms with E-state index in [2.05, 4.69) is 15.6 Å². The van der Waals surface area contributed by atoms with Crippen LogP contribution in [-0.4, -0.2) is 52.3 Å². The van der Waals surface area contributed by atoms with Crippen LogP contribution in [0.1, 0.15) is 41.9 Å². The van der Waals surface area contributed by atoms with Crippen molar-refractivity contribution in [3.8, 4) is 11.3 Å². The molecule has 0 radical (unpaired) electrons. The first kappa shape index (κ1) is 17.2. The van der Waals surface area contributed by atoms with E-state index in [4.69, 9.17) is 14.0 Å². The molecule has 2 aromatic rings. The van der Waals surface area contributed by atoms with E-state index in [1.807, 2.05) is 14.0 Å². The van der Waals surface area contributed by atoms with Gasteiger partial charge in [0.25, 0.3) is 5.91 Å². The summed E-state index contributed by atoms with van der Waals surface area (Å²) >= 11 is 0. The summed E-state index contributed by atoms with van der Waals surface area (Å²) in [7, 11) is 1.86. The fourth-order valence-corrected chi connectivity index (χ4v) is 3.75. The molecule has 1 spiro atoms. The minimum absolute atomic E-state index is 0.0784. The first-order valence-electron chi connectivity index (χ1n) is 9.05. The maximum Gasteiger partial charge on any atom is 0.273 e. The van der Waals surface area contributed by atoms with Gasteiger partial charge in [0.1, 0.15) is 0 Å². The molecule has 0 aliphatic carbocycles. The highest BCUT2D eigenvalue weighted by molar-refractivity contribution is 5.93. The highest BCUT2D eigenvalue weighted by Gasteiger charge is 2.39. The molecular weight excluding hydrogens is 336 g/mol. The summed E-state index contributed by atoms with van der Waals surface area (Å²) in [6.07, 6.45) is 5.10. The number of carbonyl (C=O) groups excluding carboxylic acids is 1. The number of carbonyl (C=O) groups is 1.